The van der Waals surface area contributed by atoms with Crippen LogP contribution in [0.15, 0.2) is 18.2 Å². The molecule has 0 spiro atoms. The molecular weight excluding hydrogens is 234 g/mol. The zero-order valence-electron chi connectivity index (χ0n) is 10.1. The van der Waals surface area contributed by atoms with Gasteiger partial charge in [0.05, 0.1) is 19.2 Å². The van der Waals surface area contributed by atoms with Crippen LogP contribution in [-0.4, -0.2) is 30.6 Å². The first-order valence-electron chi connectivity index (χ1n) is 5.20. The number of rotatable bonds is 3. The minimum absolute atomic E-state index is 0.0591. The molecule has 0 aliphatic heterocycles. The number of benzene rings is 1. The van der Waals surface area contributed by atoms with Gasteiger partial charge in [0.25, 0.3) is 0 Å². The molecule has 0 fully saturated rings. The van der Waals surface area contributed by atoms with Crippen LogP contribution in [0, 0.1) is 11.8 Å². The summed E-state index contributed by atoms with van der Waals surface area (Å²) < 4.78 is 5.05. The van der Waals surface area contributed by atoms with Crippen molar-refractivity contribution in [2.24, 2.45) is 0 Å². The molecule has 1 amide bonds. The number of amides is 1. The molecule has 5 nitrogen and oxygen atoms in total. The largest absolute Gasteiger partial charge is 0.495 e. The first-order valence-corrected chi connectivity index (χ1v) is 5.20. The van der Waals surface area contributed by atoms with E-state index >= 15 is 0 Å². The number of para-hydroxylation sites is 1. The Morgan fingerprint density at radius 1 is 1.44 bits per heavy atom. The van der Waals surface area contributed by atoms with E-state index in [1.807, 2.05) is 0 Å². The highest BCUT2D eigenvalue weighted by Crippen LogP contribution is 2.22. The maximum Gasteiger partial charge on any atom is 0.339 e. The van der Waals surface area contributed by atoms with Crippen molar-refractivity contribution in [1.29, 1.82) is 0 Å². The number of carboxylic acid groups (broad SMARTS) is 1. The third kappa shape index (κ3) is 3.52. The number of ether oxygens (including phenoxy) is 1. The van der Waals surface area contributed by atoms with Crippen molar-refractivity contribution in [3.63, 3.8) is 0 Å². The Labute approximate surface area is 105 Å². The molecule has 2 N–H and O–H groups in total. The first-order chi connectivity index (χ1) is 8.56. The Balaban J connectivity index is 2.98. The Hall–Kier alpha value is -2.48. The third-order valence-corrected chi connectivity index (χ3v) is 2.10. The van der Waals surface area contributed by atoms with E-state index < -0.39 is 5.97 Å². The molecule has 1 rings (SSSR count). The SMILES string of the molecule is COc1c(C#CCNC(C)=O)cccc1C(=O)O. The number of carbonyl (C=O) groups is 2. The van der Waals surface area contributed by atoms with Crippen LogP contribution >= 0.6 is 0 Å². The Morgan fingerprint density at radius 3 is 2.72 bits per heavy atom. The highest BCUT2D eigenvalue weighted by Gasteiger charge is 2.13. The Bertz CT molecular complexity index is 526. The maximum absolute atomic E-state index is 11.0. The summed E-state index contributed by atoms with van der Waals surface area (Å²) in [7, 11) is 1.39. The molecule has 0 radical (unpaired) electrons. The van der Waals surface area contributed by atoms with Crippen LogP contribution in [0.2, 0.25) is 0 Å². The predicted molar refractivity (Wildman–Crippen MR) is 65.5 cm³/mol. The number of carboxylic acids is 1. The van der Waals surface area contributed by atoms with E-state index in [0.29, 0.717) is 5.56 Å². The summed E-state index contributed by atoms with van der Waals surface area (Å²) in [5.74, 6) is 4.46. The fraction of sp³-hybridized carbons (Fsp3) is 0.231. The van der Waals surface area contributed by atoms with Crippen molar-refractivity contribution in [2.45, 2.75) is 6.92 Å². The number of aromatic carboxylic acids is 1. The summed E-state index contributed by atoms with van der Waals surface area (Å²) in [6.07, 6.45) is 0. The summed E-state index contributed by atoms with van der Waals surface area (Å²) in [5.41, 5.74) is 0.534. The lowest BCUT2D eigenvalue weighted by atomic mass is 10.1. The van der Waals surface area contributed by atoms with Gasteiger partial charge in [-0.25, -0.2) is 4.79 Å². The molecule has 0 aliphatic rings. The van der Waals surface area contributed by atoms with Gasteiger partial charge in [0, 0.05) is 6.92 Å². The second-order valence-corrected chi connectivity index (χ2v) is 3.40. The van der Waals surface area contributed by atoms with E-state index in [9.17, 15) is 9.59 Å². The molecule has 1 aromatic carbocycles. The van der Waals surface area contributed by atoms with Crippen molar-refractivity contribution in [2.75, 3.05) is 13.7 Å². The van der Waals surface area contributed by atoms with Crippen LogP contribution in [-0.2, 0) is 4.79 Å². The molecule has 0 aromatic heterocycles. The van der Waals surface area contributed by atoms with Crippen LogP contribution in [0.4, 0.5) is 0 Å². The Kier molecular flexibility index (Phi) is 4.76. The van der Waals surface area contributed by atoms with Crippen molar-refractivity contribution in [3.8, 4) is 17.6 Å². The number of hydrogen-bond donors (Lipinski definition) is 2. The van der Waals surface area contributed by atoms with Crippen LogP contribution in [0.1, 0.15) is 22.8 Å². The fourth-order valence-corrected chi connectivity index (χ4v) is 1.33. The molecule has 0 aliphatic carbocycles. The summed E-state index contributed by atoms with van der Waals surface area (Å²) in [6.45, 7) is 1.60. The number of methoxy groups -OCH3 is 1. The van der Waals surface area contributed by atoms with E-state index in [1.165, 1.54) is 20.1 Å². The van der Waals surface area contributed by atoms with Crippen LogP contribution in [0.5, 0.6) is 5.75 Å². The first kappa shape index (κ1) is 13.6. The average molecular weight is 247 g/mol. The maximum atomic E-state index is 11.0. The van der Waals surface area contributed by atoms with Crippen LogP contribution < -0.4 is 10.1 Å². The molecule has 0 heterocycles. The zero-order valence-corrected chi connectivity index (χ0v) is 10.1. The van der Waals surface area contributed by atoms with Gasteiger partial charge in [-0.05, 0) is 12.1 Å². The van der Waals surface area contributed by atoms with E-state index in [0.717, 1.165) is 0 Å². The van der Waals surface area contributed by atoms with Crippen LogP contribution in [0.25, 0.3) is 0 Å². The standard InChI is InChI=1S/C13H13NO4/c1-9(15)14-8-4-6-10-5-3-7-11(13(16)17)12(10)18-2/h3,5,7H,8H2,1-2H3,(H,14,15)(H,16,17). The molecular formula is C13H13NO4. The van der Waals surface area contributed by atoms with Crippen LogP contribution in [0.3, 0.4) is 0 Å². The van der Waals surface area contributed by atoms with E-state index in [1.54, 1.807) is 12.1 Å². The zero-order chi connectivity index (χ0) is 13.5. The summed E-state index contributed by atoms with van der Waals surface area (Å²) in [5, 5.41) is 11.5. The molecule has 5 heteroatoms. The van der Waals surface area contributed by atoms with Crippen molar-refractivity contribution in [3.05, 3.63) is 29.3 Å². The minimum Gasteiger partial charge on any atom is -0.495 e. The predicted octanol–water partition coefficient (Wildman–Crippen LogP) is 0.881. The lowest BCUT2D eigenvalue weighted by Crippen LogP contribution is -2.19. The molecule has 0 saturated heterocycles. The monoisotopic (exact) mass is 247 g/mol. The molecule has 0 atom stereocenters. The van der Waals surface area contributed by atoms with Gasteiger partial charge in [-0.2, -0.15) is 0 Å². The lowest BCUT2D eigenvalue weighted by Gasteiger charge is -2.06. The van der Waals surface area contributed by atoms with E-state index in [4.69, 9.17) is 9.84 Å². The van der Waals surface area contributed by atoms with E-state index in [-0.39, 0.29) is 23.8 Å². The van der Waals surface area contributed by atoms with Gasteiger partial charge in [-0.15, -0.1) is 0 Å². The number of carbonyl (C=O) groups excluding carboxylic acids is 1. The lowest BCUT2D eigenvalue weighted by molar-refractivity contribution is -0.118. The second kappa shape index (κ2) is 6.30. The average Bonchev–Trinajstić information content (AvgIpc) is 2.33. The molecule has 18 heavy (non-hydrogen) atoms. The highest BCUT2D eigenvalue weighted by molar-refractivity contribution is 5.91. The highest BCUT2D eigenvalue weighted by atomic mass is 16.5. The van der Waals surface area contributed by atoms with Gasteiger partial charge in [-0.3, -0.25) is 4.79 Å². The number of hydrogen-bond acceptors (Lipinski definition) is 3. The van der Waals surface area contributed by atoms with Gasteiger partial charge in [-0.1, -0.05) is 17.9 Å². The van der Waals surface area contributed by atoms with Crippen molar-refractivity contribution < 1.29 is 19.4 Å². The quantitative estimate of drug-likeness (QED) is 0.777. The molecule has 0 bridgehead atoms. The summed E-state index contributed by atoms with van der Waals surface area (Å²) >= 11 is 0. The molecule has 1 aromatic rings. The van der Waals surface area contributed by atoms with Gasteiger partial charge in [0.15, 0.2) is 0 Å². The topological polar surface area (TPSA) is 75.6 Å². The fourth-order valence-electron chi connectivity index (χ4n) is 1.33. The normalized spacial score (nSPS) is 9.00. The summed E-state index contributed by atoms with van der Waals surface area (Å²) in [4.78, 5) is 21.6. The van der Waals surface area contributed by atoms with Crippen molar-refractivity contribution in [1.82, 2.24) is 5.32 Å². The smallest absolute Gasteiger partial charge is 0.339 e. The number of nitrogens with one attached hydrogen (secondary N) is 1. The van der Waals surface area contributed by atoms with E-state index in [2.05, 4.69) is 17.2 Å². The molecule has 0 saturated carbocycles. The minimum atomic E-state index is -1.07. The Morgan fingerprint density at radius 2 is 2.17 bits per heavy atom. The molecule has 0 unspecified atom stereocenters. The second-order valence-electron chi connectivity index (χ2n) is 3.40. The van der Waals surface area contributed by atoms with Gasteiger partial charge in [0.1, 0.15) is 11.3 Å². The van der Waals surface area contributed by atoms with Crippen molar-refractivity contribution >= 4 is 11.9 Å². The molecule has 94 valence electrons. The van der Waals surface area contributed by atoms with Gasteiger partial charge >= 0.3 is 5.97 Å². The third-order valence-electron chi connectivity index (χ3n) is 2.10. The van der Waals surface area contributed by atoms with Gasteiger partial charge in [0.2, 0.25) is 5.91 Å². The van der Waals surface area contributed by atoms with Gasteiger partial charge < -0.3 is 15.2 Å². The summed E-state index contributed by atoms with van der Waals surface area (Å²) in [6, 6.07) is 4.70.